The van der Waals surface area contributed by atoms with E-state index in [0.717, 1.165) is 31.1 Å². The molecule has 0 radical (unpaired) electrons. The van der Waals surface area contributed by atoms with Crippen molar-refractivity contribution in [3.05, 3.63) is 29.6 Å². The van der Waals surface area contributed by atoms with Crippen molar-refractivity contribution in [3.63, 3.8) is 0 Å². The molecule has 2 aliphatic heterocycles. The highest BCUT2D eigenvalue weighted by Gasteiger charge is 2.31. The highest BCUT2D eigenvalue weighted by Crippen LogP contribution is 2.28. The maximum absolute atomic E-state index is 9.16. The van der Waals surface area contributed by atoms with Gasteiger partial charge in [0.25, 0.3) is 0 Å². The van der Waals surface area contributed by atoms with Crippen LogP contribution in [0, 0.1) is 0 Å². The Morgan fingerprint density at radius 3 is 3.00 bits per heavy atom. The van der Waals surface area contributed by atoms with Crippen molar-refractivity contribution in [3.8, 4) is 0 Å². The van der Waals surface area contributed by atoms with E-state index < -0.39 is 0 Å². The fourth-order valence-electron chi connectivity index (χ4n) is 2.83. The highest BCUT2D eigenvalue weighted by atomic mass is 16.5. The average molecular weight is 248 g/mol. The number of aliphatic hydroxyl groups is 1. The number of hydrogen-bond donors (Lipinski definition) is 1. The molecule has 0 aliphatic carbocycles. The van der Waals surface area contributed by atoms with Gasteiger partial charge in [0.05, 0.1) is 31.6 Å². The normalized spacial score (nSPS) is 25.9. The zero-order chi connectivity index (χ0) is 12.4. The first-order chi connectivity index (χ1) is 8.86. The molecule has 4 nitrogen and oxygen atoms in total. The maximum Gasteiger partial charge on any atom is 0.0853 e. The molecule has 0 spiro atoms. The monoisotopic (exact) mass is 248 g/mol. The summed E-state index contributed by atoms with van der Waals surface area (Å²) in [6.45, 7) is 4.06. The average Bonchev–Trinajstić information content (AvgIpc) is 2.37. The summed E-state index contributed by atoms with van der Waals surface area (Å²) in [5.74, 6) is 0.505. The molecule has 2 aliphatic rings. The molecule has 1 aromatic heterocycles. The van der Waals surface area contributed by atoms with Crippen LogP contribution in [0.5, 0.6) is 0 Å². The van der Waals surface area contributed by atoms with Crippen molar-refractivity contribution in [2.45, 2.75) is 31.4 Å². The molecule has 1 unspecified atom stereocenters. The Balaban J connectivity index is 1.70. The van der Waals surface area contributed by atoms with Crippen LogP contribution in [0.15, 0.2) is 18.2 Å². The third-order valence-corrected chi connectivity index (χ3v) is 4.00. The predicted molar refractivity (Wildman–Crippen MR) is 68.3 cm³/mol. The second-order valence-corrected chi connectivity index (χ2v) is 5.24. The van der Waals surface area contributed by atoms with Gasteiger partial charge in [0.15, 0.2) is 0 Å². The Labute approximate surface area is 108 Å². The lowest BCUT2D eigenvalue weighted by Gasteiger charge is -2.41. The number of pyridine rings is 1. The van der Waals surface area contributed by atoms with Crippen LogP contribution in [0.2, 0.25) is 0 Å². The molecular formula is C14H20N2O2. The van der Waals surface area contributed by atoms with Crippen LogP contribution in [-0.2, 0) is 11.3 Å². The van der Waals surface area contributed by atoms with Crippen LogP contribution in [0.4, 0.5) is 0 Å². The van der Waals surface area contributed by atoms with Crippen LogP contribution < -0.4 is 0 Å². The van der Waals surface area contributed by atoms with Crippen molar-refractivity contribution in [1.82, 2.24) is 9.88 Å². The van der Waals surface area contributed by atoms with Crippen LogP contribution in [0.1, 0.15) is 30.1 Å². The van der Waals surface area contributed by atoms with Crippen LogP contribution in [0.25, 0.3) is 0 Å². The molecule has 0 aromatic carbocycles. The highest BCUT2D eigenvalue weighted by molar-refractivity contribution is 5.15. The summed E-state index contributed by atoms with van der Waals surface area (Å²) < 4.78 is 5.28. The minimum Gasteiger partial charge on any atom is -0.390 e. The molecule has 18 heavy (non-hydrogen) atoms. The van der Waals surface area contributed by atoms with E-state index in [-0.39, 0.29) is 6.61 Å². The molecule has 1 aromatic rings. The zero-order valence-corrected chi connectivity index (χ0v) is 10.6. The summed E-state index contributed by atoms with van der Waals surface area (Å²) in [7, 11) is 0. The minimum absolute atomic E-state index is 0.0285. The molecule has 4 heteroatoms. The van der Waals surface area contributed by atoms with Gasteiger partial charge in [-0.25, -0.2) is 0 Å². The summed E-state index contributed by atoms with van der Waals surface area (Å²) >= 11 is 0. The van der Waals surface area contributed by atoms with E-state index in [2.05, 4.69) is 16.0 Å². The number of piperidine rings is 1. The second-order valence-electron chi connectivity index (χ2n) is 5.24. The predicted octanol–water partition coefficient (Wildman–Crippen LogP) is 1.15. The van der Waals surface area contributed by atoms with Gasteiger partial charge in [-0.3, -0.25) is 9.88 Å². The molecule has 98 valence electrons. The van der Waals surface area contributed by atoms with E-state index in [1.54, 1.807) is 0 Å². The molecule has 0 bridgehead atoms. The Kier molecular flexibility index (Phi) is 3.59. The van der Waals surface area contributed by atoms with Gasteiger partial charge in [0.1, 0.15) is 0 Å². The Hall–Kier alpha value is -0.970. The fraction of sp³-hybridized carbons (Fsp3) is 0.643. The number of ether oxygens (including phenoxy) is 1. The van der Waals surface area contributed by atoms with Gasteiger partial charge in [0, 0.05) is 18.2 Å². The molecule has 1 atom stereocenters. The Morgan fingerprint density at radius 2 is 2.28 bits per heavy atom. The third-order valence-electron chi connectivity index (χ3n) is 4.00. The van der Waals surface area contributed by atoms with Gasteiger partial charge < -0.3 is 9.84 Å². The smallest absolute Gasteiger partial charge is 0.0853 e. The first-order valence-electron chi connectivity index (χ1n) is 6.75. The number of nitrogens with zero attached hydrogens (tertiary/aromatic N) is 2. The van der Waals surface area contributed by atoms with Crippen LogP contribution in [0.3, 0.4) is 0 Å². The SMILES string of the molecule is OCc1cccc(C2CCCN(C3COC3)C2)n1. The van der Waals surface area contributed by atoms with Crippen LogP contribution in [-0.4, -0.2) is 47.3 Å². The van der Waals surface area contributed by atoms with Gasteiger partial charge in [0.2, 0.25) is 0 Å². The number of rotatable bonds is 3. The lowest BCUT2D eigenvalue weighted by molar-refractivity contribution is -0.0723. The maximum atomic E-state index is 9.16. The topological polar surface area (TPSA) is 45.6 Å². The molecule has 1 N–H and O–H groups in total. The van der Waals surface area contributed by atoms with Crippen LogP contribution >= 0.6 is 0 Å². The van der Waals surface area contributed by atoms with E-state index in [1.165, 1.54) is 19.4 Å². The largest absolute Gasteiger partial charge is 0.390 e. The van der Waals surface area contributed by atoms with Gasteiger partial charge in [-0.05, 0) is 31.5 Å². The fourth-order valence-corrected chi connectivity index (χ4v) is 2.83. The zero-order valence-electron chi connectivity index (χ0n) is 10.6. The van der Waals surface area contributed by atoms with Gasteiger partial charge in [-0.2, -0.15) is 0 Å². The van der Waals surface area contributed by atoms with E-state index >= 15 is 0 Å². The van der Waals surface area contributed by atoms with Crippen molar-refractivity contribution >= 4 is 0 Å². The molecule has 3 heterocycles. The van der Waals surface area contributed by atoms with Crippen molar-refractivity contribution in [1.29, 1.82) is 0 Å². The van der Waals surface area contributed by atoms with Crippen molar-refractivity contribution in [2.24, 2.45) is 0 Å². The molecule has 0 amide bonds. The second kappa shape index (κ2) is 5.34. The van der Waals surface area contributed by atoms with E-state index in [0.29, 0.717) is 12.0 Å². The number of aliphatic hydroxyl groups excluding tert-OH is 1. The lowest BCUT2D eigenvalue weighted by atomic mass is 9.93. The molecule has 2 saturated heterocycles. The van der Waals surface area contributed by atoms with Gasteiger partial charge in [-0.15, -0.1) is 0 Å². The summed E-state index contributed by atoms with van der Waals surface area (Å²) in [6.07, 6.45) is 2.43. The minimum atomic E-state index is 0.0285. The van der Waals surface area contributed by atoms with E-state index in [4.69, 9.17) is 9.84 Å². The third kappa shape index (κ3) is 2.41. The van der Waals surface area contributed by atoms with Gasteiger partial charge >= 0.3 is 0 Å². The lowest BCUT2D eigenvalue weighted by Crippen LogP contribution is -2.52. The summed E-state index contributed by atoms with van der Waals surface area (Å²) in [4.78, 5) is 7.08. The standard InChI is InChI=1S/C14H20N2O2/c17-8-12-4-1-5-14(15-12)11-3-2-6-16(7-11)13-9-18-10-13/h1,4-5,11,13,17H,2-3,6-10H2. The summed E-state index contributed by atoms with van der Waals surface area (Å²) in [5.41, 5.74) is 1.91. The summed E-state index contributed by atoms with van der Waals surface area (Å²) in [6, 6.07) is 6.59. The Morgan fingerprint density at radius 1 is 1.39 bits per heavy atom. The van der Waals surface area contributed by atoms with E-state index in [1.807, 2.05) is 12.1 Å². The quantitative estimate of drug-likeness (QED) is 0.871. The molecule has 3 rings (SSSR count). The Bertz CT molecular complexity index is 407. The van der Waals surface area contributed by atoms with Gasteiger partial charge in [-0.1, -0.05) is 6.07 Å². The van der Waals surface area contributed by atoms with Crippen molar-refractivity contribution in [2.75, 3.05) is 26.3 Å². The molecule has 0 saturated carbocycles. The number of likely N-dealkylation sites (tertiary alicyclic amines) is 1. The number of hydrogen-bond acceptors (Lipinski definition) is 4. The number of aromatic nitrogens is 1. The summed E-state index contributed by atoms with van der Waals surface area (Å²) in [5, 5.41) is 9.16. The molecule has 2 fully saturated rings. The van der Waals surface area contributed by atoms with E-state index in [9.17, 15) is 0 Å². The van der Waals surface area contributed by atoms with Crippen molar-refractivity contribution < 1.29 is 9.84 Å². The molecular weight excluding hydrogens is 228 g/mol. The first-order valence-corrected chi connectivity index (χ1v) is 6.75. The first kappa shape index (κ1) is 12.1.